The van der Waals surface area contributed by atoms with Crippen LogP contribution in [0.5, 0.6) is 0 Å². The smallest absolute Gasteiger partial charge is 0.328 e. The van der Waals surface area contributed by atoms with Crippen LogP contribution in [-0.4, -0.2) is 52.8 Å². The van der Waals surface area contributed by atoms with Crippen LogP contribution in [0.4, 0.5) is 0 Å². The van der Waals surface area contributed by atoms with Crippen molar-refractivity contribution in [2.24, 2.45) is 0 Å². The van der Waals surface area contributed by atoms with Gasteiger partial charge in [-0.15, -0.1) is 0 Å². The molecule has 1 heterocycles. The van der Waals surface area contributed by atoms with E-state index in [4.69, 9.17) is 18.9 Å². The Kier molecular flexibility index (Phi) is 9.77. The molecule has 3 aromatic rings. The number of ether oxygens (including phenoxy) is 4. The molecule has 3 aromatic carbocycles. The molecule has 0 unspecified atom stereocenters. The normalized spacial score (nSPS) is 22.2. The van der Waals surface area contributed by atoms with Crippen molar-refractivity contribution in [3.8, 4) is 0 Å². The molecule has 0 bridgehead atoms. The minimum atomic E-state index is -4.54. The molecule has 1 aliphatic heterocycles. The van der Waals surface area contributed by atoms with Crippen LogP contribution in [0.1, 0.15) is 16.7 Å². The Morgan fingerprint density at radius 2 is 1.22 bits per heavy atom. The van der Waals surface area contributed by atoms with Crippen LogP contribution in [0, 0.1) is 0 Å². The highest BCUT2D eigenvalue weighted by Crippen LogP contribution is 2.38. The number of rotatable bonds is 12. The fourth-order valence-electron chi connectivity index (χ4n) is 4.14. The van der Waals surface area contributed by atoms with Crippen molar-refractivity contribution in [3.63, 3.8) is 0 Å². The monoisotopic (exact) mass is 526 g/mol. The topological polar surface area (TPSA) is 112 Å². The van der Waals surface area contributed by atoms with Gasteiger partial charge in [-0.25, -0.2) is 0 Å². The minimum Gasteiger partial charge on any atom is -0.374 e. The van der Waals surface area contributed by atoms with Crippen LogP contribution < -0.4 is 0 Å². The number of Topliss-reactive ketones (excluding diaryl/α,β-unsaturated/α-hetero) is 1. The Bertz CT molecular complexity index is 1150. The summed E-state index contributed by atoms with van der Waals surface area (Å²) in [6.07, 6.45) is -4.82. The van der Waals surface area contributed by atoms with Gasteiger partial charge in [0.2, 0.25) is 0 Å². The zero-order valence-electron chi connectivity index (χ0n) is 20.3. The fourth-order valence-corrected chi connectivity index (χ4v) is 4.84. The number of carbonyl (C=O) groups excluding carboxylic acids is 1. The van der Waals surface area contributed by atoms with E-state index in [-0.39, 0.29) is 19.8 Å². The minimum absolute atomic E-state index is 0.0461. The van der Waals surface area contributed by atoms with Gasteiger partial charge >= 0.3 is 7.60 Å². The lowest BCUT2D eigenvalue weighted by molar-refractivity contribution is -0.211. The van der Waals surface area contributed by atoms with Crippen molar-refractivity contribution in [1.82, 2.24) is 0 Å². The van der Waals surface area contributed by atoms with Crippen LogP contribution in [0.2, 0.25) is 0 Å². The fraction of sp³-hybridized carbons (Fsp3) is 0.321. The lowest BCUT2D eigenvalue weighted by Crippen LogP contribution is -2.59. The van der Waals surface area contributed by atoms with Crippen molar-refractivity contribution < 1.29 is 38.1 Å². The van der Waals surface area contributed by atoms with Crippen LogP contribution >= 0.6 is 7.60 Å². The summed E-state index contributed by atoms with van der Waals surface area (Å²) in [5, 5.41) is 0. The predicted octanol–water partition coefficient (Wildman–Crippen LogP) is 3.89. The molecule has 0 spiro atoms. The van der Waals surface area contributed by atoms with Gasteiger partial charge in [0.15, 0.2) is 5.78 Å². The molecule has 0 aliphatic carbocycles. The van der Waals surface area contributed by atoms with Crippen LogP contribution in [0.25, 0.3) is 0 Å². The lowest BCUT2D eigenvalue weighted by atomic mass is 9.96. The number of carbonyl (C=O) groups is 1. The second-order valence-electron chi connectivity index (χ2n) is 8.89. The van der Waals surface area contributed by atoms with Gasteiger partial charge in [-0.2, -0.15) is 0 Å². The van der Waals surface area contributed by atoms with Crippen LogP contribution in [0.3, 0.4) is 0 Å². The van der Waals surface area contributed by atoms with Gasteiger partial charge in [0, 0.05) is 0 Å². The molecule has 1 aliphatic rings. The second kappa shape index (κ2) is 13.2. The van der Waals surface area contributed by atoms with E-state index < -0.39 is 44.0 Å². The van der Waals surface area contributed by atoms with Gasteiger partial charge in [-0.05, 0) is 16.7 Å². The van der Waals surface area contributed by atoms with Gasteiger partial charge in [0.25, 0.3) is 0 Å². The summed E-state index contributed by atoms with van der Waals surface area (Å²) in [7, 11) is -4.54. The summed E-state index contributed by atoms with van der Waals surface area (Å²) < 4.78 is 35.9. The summed E-state index contributed by atoms with van der Waals surface area (Å²) in [6, 6.07) is 28.4. The van der Waals surface area contributed by atoms with E-state index >= 15 is 0 Å². The molecule has 1 saturated heterocycles. The third-order valence-corrected chi connectivity index (χ3v) is 6.76. The molecule has 0 saturated carbocycles. The van der Waals surface area contributed by atoms with Gasteiger partial charge in [0.1, 0.15) is 24.4 Å². The Labute approximate surface area is 216 Å². The van der Waals surface area contributed by atoms with Crippen molar-refractivity contribution in [1.29, 1.82) is 0 Å². The van der Waals surface area contributed by atoms with Crippen LogP contribution in [-0.2, 0) is 48.1 Å². The molecule has 1 fully saturated rings. The van der Waals surface area contributed by atoms with E-state index in [1.165, 1.54) is 0 Å². The third kappa shape index (κ3) is 8.42. The molecule has 8 nitrogen and oxygen atoms in total. The van der Waals surface area contributed by atoms with E-state index in [9.17, 15) is 19.1 Å². The van der Waals surface area contributed by atoms with Gasteiger partial charge in [0.05, 0.1) is 32.6 Å². The van der Waals surface area contributed by atoms with Crippen LogP contribution in [0.15, 0.2) is 91.0 Å². The van der Waals surface area contributed by atoms with E-state index in [1.54, 1.807) is 0 Å². The number of hydrogen-bond donors (Lipinski definition) is 2. The largest absolute Gasteiger partial charge is 0.374 e. The summed E-state index contributed by atoms with van der Waals surface area (Å²) in [5.74, 6) is -0.559. The van der Waals surface area contributed by atoms with E-state index in [1.807, 2.05) is 91.0 Å². The molecule has 9 heteroatoms. The molecule has 37 heavy (non-hydrogen) atoms. The molecular weight excluding hydrogens is 495 g/mol. The average Bonchev–Trinajstić information content (AvgIpc) is 2.90. The Morgan fingerprint density at radius 1 is 0.730 bits per heavy atom. The number of hydrogen-bond acceptors (Lipinski definition) is 6. The quantitative estimate of drug-likeness (QED) is 0.342. The molecule has 0 radical (unpaired) electrons. The zero-order chi connectivity index (χ0) is 26.1. The highest BCUT2D eigenvalue weighted by molar-refractivity contribution is 7.51. The van der Waals surface area contributed by atoms with E-state index in [0.717, 1.165) is 16.7 Å². The van der Waals surface area contributed by atoms with E-state index in [2.05, 4.69) is 0 Å². The first-order valence-electron chi connectivity index (χ1n) is 12.1. The first kappa shape index (κ1) is 27.4. The molecule has 2 N–H and O–H groups in total. The predicted molar refractivity (Wildman–Crippen MR) is 137 cm³/mol. The number of benzene rings is 3. The highest BCUT2D eigenvalue weighted by atomic mass is 31.2. The van der Waals surface area contributed by atoms with Crippen molar-refractivity contribution in [2.75, 3.05) is 12.8 Å². The standard InChI is InChI=1S/C28H31O8P/c29-26-25(20-37(30,31)32)36-24(19-33-16-21-10-4-1-5-11-21)27(34-17-22-12-6-2-7-13-22)28(26)35-18-23-14-8-3-9-15-23/h1-15,24-25,27-28H,16-20H2,(H2,30,31,32)/t24-,25-,27-,28-/m1/s1. The Hall–Kier alpha value is -2.68. The van der Waals surface area contributed by atoms with E-state index in [0.29, 0.717) is 6.61 Å². The molecule has 4 rings (SSSR count). The maximum Gasteiger partial charge on any atom is 0.328 e. The average molecular weight is 527 g/mol. The molecule has 0 amide bonds. The lowest BCUT2D eigenvalue weighted by Gasteiger charge is -2.40. The summed E-state index contributed by atoms with van der Waals surface area (Å²) in [5.41, 5.74) is 2.71. The highest BCUT2D eigenvalue weighted by Gasteiger charge is 2.48. The Morgan fingerprint density at radius 3 is 1.73 bits per heavy atom. The van der Waals surface area contributed by atoms with Crippen molar-refractivity contribution in [3.05, 3.63) is 108 Å². The maximum atomic E-state index is 13.4. The van der Waals surface area contributed by atoms with Crippen molar-refractivity contribution in [2.45, 2.75) is 44.2 Å². The van der Waals surface area contributed by atoms with Gasteiger partial charge < -0.3 is 28.7 Å². The first-order chi connectivity index (χ1) is 17.9. The Balaban J connectivity index is 1.55. The summed E-state index contributed by atoms with van der Waals surface area (Å²) >= 11 is 0. The van der Waals surface area contributed by atoms with Crippen molar-refractivity contribution >= 4 is 13.4 Å². The SMILES string of the molecule is O=C1[C@@H](OCc2ccccc2)[C@H](OCc2ccccc2)[C@@H](COCc2ccccc2)O[C@@H]1CP(=O)(O)O. The molecule has 0 aromatic heterocycles. The summed E-state index contributed by atoms with van der Waals surface area (Å²) in [6.45, 7) is 0.678. The molecular formula is C28H31O8P. The summed E-state index contributed by atoms with van der Waals surface area (Å²) in [4.78, 5) is 32.5. The maximum absolute atomic E-state index is 13.4. The second-order valence-corrected chi connectivity index (χ2v) is 10.6. The van der Waals surface area contributed by atoms with Gasteiger partial charge in [-0.3, -0.25) is 9.36 Å². The number of ketones is 1. The molecule has 196 valence electrons. The zero-order valence-corrected chi connectivity index (χ0v) is 21.2. The third-order valence-electron chi connectivity index (χ3n) is 5.96. The van der Waals surface area contributed by atoms with Gasteiger partial charge in [-0.1, -0.05) is 91.0 Å². The molecule has 4 atom stereocenters. The first-order valence-corrected chi connectivity index (χ1v) is 13.9.